The number of rotatable bonds is 31. The van der Waals surface area contributed by atoms with Gasteiger partial charge >= 0.3 is 11.9 Å². The van der Waals surface area contributed by atoms with Crippen LogP contribution in [0.15, 0.2) is 24.3 Å². The molecule has 0 rings (SSSR count). The van der Waals surface area contributed by atoms with Crippen LogP contribution in [0.5, 0.6) is 0 Å². The van der Waals surface area contributed by atoms with Crippen LogP contribution in [0.25, 0.3) is 0 Å². The summed E-state index contributed by atoms with van der Waals surface area (Å²) in [5.74, 6) is -0.677. The van der Waals surface area contributed by atoms with Crippen molar-refractivity contribution in [1.82, 2.24) is 0 Å². The topological polar surface area (TPSA) is 63.6 Å². The number of carboxylic acid groups (broad SMARTS) is 1. The van der Waals surface area contributed by atoms with Gasteiger partial charge in [-0.05, 0) is 70.6 Å². The van der Waals surface area contributed by atoms with E-state index < -0.39 is 5.97 Å². The third kappa shape index (κ3) is 31.0. The molecule has 4 nitrogen and oxygen atoms in total. The Hall–Kier alpha value is -1.58. The lowest BCUT2D eigenvalue weighted by molar-refractivity contribution is -0.150. The highest BCUT2D eigenvalue weighted by molar-refractivity contribution is 5.69. The molecule has 0 aliphatic heterocycles. The van der Waals surface area contributed by atoms with Gasteiger partial charge in [-0.3, -0.25) is 9.59 Å². The van der Waals surface area contributed by atoms with Crippen LogP contribution in [0.1, 0.15) is 187 Å². The van der Waals surface area contributed by atoms with Gasteiger partial charge in [0.15, 0.2) is 0 Å². The van der Waals surface area contributed by atoms with Crippen molar-refractivity contribution in [2.45, 2.75) is 193 Å². The molecule has 0 bridgehead atoms. The number of carboxylic acids is 1. The van der Waals surface area contributed by atoms with Gasteiger partial charge in [-0.25, -0.2) is 0 Å². The van der Waals surface area contributed by atoms with Gasteiger partial charge < -0.3 is 9.84 Å². The van der Waals surface area contributed by atoms with Gasteiger partial charge in [0.1, 0.15) is 6.10 Å². The molecule has 0 saturated heterocycles. The quantitative estimate of drug-likeness (QED) is 0.0518. The van der Waals surface area contributed by atoms with E-state index in [1.54, 1.807) is 0 Å². The molecule has 0 aromatic carbocycles. The van der Waals surface area contributed by atoms with Crippen molar-refractivity contribution in [2.75, 3.05) is 0 Å². The van der Waals surface area contributed by atoms with Crippen LogP contribution in [0.2, 0.25) is 0 Å². The number of carbonyl (C=O) groups is 2. The van der Waals surface area contributed by atoms with Gasteiger partial charge in [0.05, 0.1) is 0 Å². The number of unbranched alkanes of at least 4 members (excludes halogenated alkanes) is 18. The third-order valence-corrected chi connectivity index (χ3v) is 7.68. The van der Waals surface area contributed by atoms with Gasteiger partial charge in [-0.1, -0.05) is 128 Å². The fraction of sp³-hybridized carbons (Fsp3) is 0.833. The highest BCUT2D eigenvalue weighted by Crippen LogP contribution is 2.18. The van der Waals surface area contributed by atoms with Crippen LogP contribution in [-0.4, -0.2) is 23.1 Å². The highest BCUT2D eigenvalue weighted by Gasteiger charge is 2.14. The minimum Gasteiger partial charge on any atom is -0.481 e. The standard InChI is InChI=1S/C36H66O4/c1-3-5-7-9-10-11-12-13-14-15-16-17-22-25-29-33-36(39)40-34(30-26-8-6-4-2)31-27-23-20-18-19-21-24-28-32-35(37)38/h10-11,13-14,34H,3-9,12,15-33H2,1-2H3,(H,37,38)/b11-10-,14-13-. The van der Waals surface area contributed by atoms with Crippen LogP contribution in [-0.2, 0) is 14.3 Å². The van der Waals surface area contributed by atoms with Crippen LogP contribution in [0.3, 0.4) is 0 Å². The van der Waals surface area contributed by atoms with Crippen LogP contribution < -0.4 is 0 Å². The van der Waals surface area contributed by atoms with E-state index in [2.05, 4.69) is 38.2 Å². The van der Waals surface area contributed by atoms with E-state index in [1.165, 1.54) is 89.9 Å². The second-order valence-electron chi connectivity index (χ2n) is 11.7. The molecule has 0 saturated carbocycles. The summed E-state index contributed by atoms with van der Waals surface area (Å²) in [6.07, 6.45) is 39.2. The summed E-state index contributed by atoms with van der Waals surface area (Å²) in [6.45, 7) is 4.48. The number of allylic oxidation sites excluding steroid dienone is 4. The molecular weight excluding hydrogens is 496 g/mol. The molecule has 0 aromatic heterocycles. The van der Waals surface area contributed by atoms with E-state index in [0.717, 1.165) is 70.6 Å². The van der Waals surface area contributed by atoms with Crippen molar-refractivity contribution in [1.29, 1.82) is 0 Å². The molecule has 40 heavy (non-hydrogen) atoms. The van der Waals surface area contributed by atoms with Crippen molar-refractivity contribution in [3.8, 4) is 0 Å². The Kier molecular flexibility index (Phi) is 30.7. The summed E-state index contributed by atoms with van der Waals surface area (Å²) in [6, 6.07) is 0. The first-order valence-corrected chi connectivity index (χ1v) is 17.3. The van der Waals surface area contributed by atoms with Crippen molar-refractivity contribution < 1.29 is 19.4 Å². The molecule has 234 valence electrons. The molecule has 1 N–H and O–H groups in total. The zero-order valence-corrected chi connectivity index (χ0v) is 26.7. The SMILES string of the molecule is CCCCC/C=C\C/C=C\CCCCCCCC(=O)OC(CCCCCC)CCCCCCCCCCC(=O)O. The highest BCUT2D eigenvalue weighted by atomic mass is 16.5. The number of carbonyl (C=O) groups excluding carboxylic acids is 1. The van der Waals surface area contributed by atoms with Crippen molar-refractivity contribution in [3.05, 3.63) is 24.3 Å². The van der Waals surface area contributed by atoms with E-state index in [0.29, 0.717) is 12.8 Å². The first-order valence-electron chi connectivity index (χ1n) is 17.3. The summed E-state index contributed by atoms with van der Waals surface area (Å²) in [7, 11) is 0. The maximum Gasteiger partial charge on any atom is 0.306 e. The van der Waals surface area contributed by atoms with E-state index in [4.69, 9.17) is 9.84 Å². The third-order valence-electron chi connectivity index (χ3n) is 7.68. The molecule has 0 aromatic rings. The molecule has 0 heterocycles. The predicted molar refractivity (Wildman–Crippen MR) is 172 cm³/mol. The fourth-order valence-electron chi connectivity index (χ4n) is 5.10. The molecule has 0 amide bonds. The van der Waals surface area contributed by atoms with E-state index >= 15 is 0 Å². The molecular formula is C36H66O4. The van der Waals surface area contributed by atoms with Crippen LogP contribution in [0.4, 0.5) is 0 Å². The summed E-state index contributed by atoms with van der Waals surface area (Å²) in [5.41, 5.74) is 0. The van der Waals surface area contributed by atoms with Gasteiger partial charge in [-0.2, -0.15) is 0 Å². The van der Waals surface area contributed by atoms with Crippen molar-refractivity contribution >= 4 is 11.9 Å². The van der Waals surface area contributed by atoms with E-state index in [-0.39, 0.29) is 12.1 Å². The lowest BCUT2D eigenvalue weighted by Crippen LogP contribution is -2.18. The van der Waals surface area contributed by atoms with Gasteiger partial charge in [0.2, 0.25) is 0 Å². The monoisotopic (exact) mass is 562 g/mol. The van der Waals surface area contributed by atoms with Gasteiger partial charge in [-0.15, -0.1) is 0 Å². The molecule has 0 spiro atoms. The van der Waals surface area contributed by atoms with Crippen molar-refractivity contribution in [2.24, 2.45) is 0 Å². The summed E-state index contributed by atoms with van der Waals surface area (Å²) in [4.78, 5) is 23.1. The Labute approximate surface area is 248 Å². The van der Waals surface area contributed by atoms with Crippen molar-refractivity contribution in [3.63, 3.8) is 0 Å². The number of ether oxygens (including phenoxy) is 1. The first-order chi connectivity index (χ1) is 19.6. The fourth-order valence-corrected chi connectivity index (χ4v) is 5.10. The van der Waals surface area contributed by atoms with Gasteiger partial charge in [0, 0.05) is 12.8 Å². The smallest absolute Gasteiger partial charge is 0.306 e. The Balaban J connectivity index is 3.87. The van der Waals surface area contributed by atoms with Crippen LogP contribution >= 0.6 is 0 Å². The minimum atomic E-state index is -0.684. The Morgan fingerprint density at radius 2 is 0.975 bits per heavy atom. The maximum absolute atomic E-state index is 12.5. The zero-order chi connectivity index (χ0) is 29.4. The van der Waals surface area contributed by atoms with Crippen LogP contribution in [0, 0.1) is 0 Å². The molecule has 1 unspecified atom stereocenters. The zero-order valence-electron chi connectivity index (χ0n) is 26.7. The Bertz CT molecular complexity index is 610. The molecule has 4 heteroatoms. The Morgan fingerprint density at radius 3 is 1.52 bits per heavy atom. The van der Waals surface area contributed by atoms with Gasteiger partial charge in [0.25, 0.3) is 0 Å². The number of hydrogen-bond donors (Lipinski definition) is 1. The maximum atomic E-state index is 12.5. The number of aliphatic carboxylic acids is 1. The summed E-state index contributed by atoms with van der Waals surface area (Å²) < 4.78 is 5.94. The lowest BCUT2D eigenvalue weighted by Gasteiger charge is -2.18. The van der Waals surface area contributed by atoms with E-state index in [1.807, 2.05) is 0 Å². The average molecular weight is 563 g/mol. The molecule has 0 aliphatic carbocycles. The average Bonchev–Trinajstić information content (AvgIpc) is 2.93. The molecule has 0 fully saturated rings. The Morgan fingerprint density at radius 1 is 0.550 bits per heavy atom. The lowest BCUT2D eigenvalue weighted by atomic mass is 10.0. The predicted octanol–water partition coefficient (Wildman–Crippen LogP) is 11.7. The minimum absolute atomic E-state index is 0.00698. The number of hydrogen-bond acceptors (Lipinski definition) is 3. The second-order valence-corrected chi connectivity index (χ2v) is 11.7. The normalized spacial score (nSPS) is 12.4. The molecule has 0 radical (unpaired) electrons. The first kappa shape index (κ1) is 38.4. The van der Waals surface area contributed by atoms with E-state index in [9.17, 15) is 9.59 Å². The second kappa shape index (κ2) is 31.9. The summed E-state index contributed by atoms with van der Waals surface area (Å²) >= 11 is 0. The number of esters is 1. The summed E-state index contributed by atoms with van der Waals surface area (Å²) in [5, 5.41) is 8.69. The largest absolute Gasteiger partial charge is 0.481 e. The molecule has 0 aliphatic rings. The molecule has 1 atom stereocenters.